The van der Waals surface area contributed by atoms with Crippen LogP contribution in [0.25, 0.3) is 10.9 Å². The molecule has 1 saturated heterocycles. The molecule has 35 heavy (non-hydrogen) atoms. The highest BCUT2D eigenvalue weighted by Gasteiger charge is 2.15. The first-order valence-electron chi connectivity index (χ1n) is 11.6. The highest BCUT2D eigenvalue weighted by molar-refractivity contribution is 6.31. The quantitative estimate of drug-likeness (QED) is 0.363. The van der Waals surface area contributed by atoms with Crippen LogP contribution in [0.15, 0.2) is 59.5 Å². The van der Waals surface area contributed by atoms with E-state index in [-0.39, 0.29) is 5.56 Å². The van der Waals surface area contributed by atoms with Gasteiger partial charge < -0.3 is 15.4 Å². The van der Waals surface area contributed by atoms with E-state index >= 15 is 0 Å². The fraction of sp³-hybridized carbons (Fsp3) is 0.269. The molecule has 8 nitrogen and oxygen atoms in total. The fourth-order valence-electron chi connectivity index (χ4n) is 4.40. The van der Waals surface area contributed by atoms with Crippen LogP contribution in [0, 0.1) is 0 Å². The molecule has 2 aromatic carbocycles. The molecule has 3 heterocycles. The summed E-state index contributed by atoms with van der Waals surface area (Å²) >= 11 is 6.38. The molecule has 2 aromatic heterocycles. The first kappa shape index (κ1) is 23.3. The van der Waals surface area contributed by atoms with Crippen molar-refractivity contribution in [2.45, 2.75) is 13.0 Å². The van der Waals surface area contributed by atoms with Gasteiger partial charge in [-0.05, 0) is 35.4 Å². The SMILES string of the molecule is COc1cc(CN2CCNCC2)ccc1Nc1cc(Cc2ccccc2Cl)nc2cn[nH]c(=O)c12. The predicted molar refractivity (Wildman–Crippen MR) is 139 cm³/mol. The number of hydrogen-bond donors (Lipinski definition) is 3. The Balaban J connectivity index is 1.49. The van der Waals surface area contributed by atoms with E-state index in [0.29, 0.717) is 33.8 Å². The third kappa shape index (κ3) is 5.30. The Bertz CT molecular complexity index is 1400. The molecule has 3 N–H and O–H groups in total. The Labute approximate surface area is 208 Å². The van der Waals surface area contributed by atoms with E-state index in [1.807, 2.05) is 42.5 Å². The summed E-state index contributed by atoms with van der Waals surface area (Å²) < 4.78 is 5.71. The second kappa shape index (κ2) is 10.4. The zero-order chi connectivity index (χ0) is 24.2. The van der Waals surface area contributed by atoms with Gasteiger partial charge in [0.05, 0.1) is 35.6 Å². The molecule has 0 aliphatic carbocycles. The number of pyridine rings is 1. The number of halogens is 1. The van der Waals surface area contributed by atoms with Crippen molar-refractivity contribution in [2.75, 3.05) is 38.6 Å². The van der Waals surface area contributed by atoms with Crippen LogP contribution in [0.4, 0.5) is 11.4 Å². The average Bonchev–Trinajstić information content (AvgIpc) is 2.87. The Morgan fingerprint density at radius 3 is 2.74 bits per heavy atom. The first-order valence-corrected chi connectivity index (χ1v) is 12.0. The van der Waals surface area contributed by atoms with Gasteiger partial charge in [0.1, 0.15) is 5.75 Å². The Kier molecular flexibility index (Phi) is 6.94. The van der Waals surface area contributed by atoms with Gasteiger partial charge in [-0.3, -0.25) is 14.7 Å². The van der Waals surface area contributed by atoms with Gasteiger partial charge in [0.15, 0.2) is 0 Å². The summed E-state index contributed by atoms with van der Waals surface area (Å²) in [6, 6.07) is 15.7. The minimum absolute atomic E-state index is 0.309. The zero-order valence-corrected chi connectivity index (χ0v) is 20.2. The van der Waals surface area contributed by atoms with Crippen LogP contribution in [0.3, 0.4) is 0 Å². The van der Waals surface area contributed by atoms with Crippen molar-refractivity contribution < 1.29 is 4.74 Å². The number of methoxy groups -OCH3 is 1. The number of fused-ring (bicyclic) bond motifs is 1. The van der Waals surface area contributed by atoms with Crippen molar-refractivity contribution in [3.05, 3.63) is 86.9 Å². The molecule has 1 aliphatic rings. The maximum Gasteiger partial charge on any atom is 0.275 e. The maximum absolute atomic E-state index is 12.7. The van der Waals surface area contributed by atoms with Gasteiger partial charge in [-0.2, -0.15) is 5.10 Å². The Morgan fingerprint density at radius 1 is 1.11 bits per heavy atom. The molecule has 0 atom stereocenters. The molecule has 0 amide bonds. The number of aromatic nitrogens is 3. The predicted octanol–water partition coefficient (Wildman–Crippen LogP) is 3.72. The number of anilines is 2. The van der Waals surface area contributed by atoms with Gasteiger partial charge >= 0.3 is 0 Å². The van der Waals surface area contributed by atoms with Crippen molar-refractivity contribution in [3.8, 4) is 5.75 Å². The number of nitrogens with one attached hydrogen (secondary N) is 3. The van der Waals surface area contributed by atoms with Gasteiger partial charge in [0, 0.05) is 49.9 Å². The van der Waals surface area contributed by atoms with Crippen LogP contribution in [0.1, 0.15) is 16.8 Å². The smallest absolute Gasteiger partial charge is 0.275 e. The van der Waals surface area contributed by atoms with E-state index < -0.39 is 0 Å². The summed E-state index contributed by atoms with van der Waals surface area (Å²) in [4.78, 5) is 19.8. The summed E-state index contributed by atoms with van der Waals surface area (Å²) in [6.45, 7) is 4.92. The molecular weight excluding hydrogens is 464 g/mol. The van der Waals surface area contributed by atoms with Crippen LogP contribution in [0.5, 0.6) is 5.75 Å². The number of piperazine rings is 1. The lowest BCUT2D eigenvalue weighted by molar-refractivity contribution is 0.233. The average molecular weight is 491 g/mol. The lowest BCUT2D eigenvalue weighted by Crippen LogP contribution is -2.42. The molecule has 1 fully saturated rings. The van der Waals surface area contributed by atoms with E-state index in [0.717, 1.165) is 49.7 Å². The number of aromatic amines is 1. The van der Waals surface area contributed by atoms with Gasteiger partial charge in [-0.1, -0.05) is 35.9 Å². The summed E-state index contributed by atoms with van der Waals surface area (Å²) in [5, 5.41) is 14.4. The topological polar surface area (TPSA) is 95.2 Å². The summed E-state index contributed by atoms with van der Waals surface area (Å²) in [7, 11) is 1.65. The number of benzene rings is 2. The fourth-order valence-corrected chi connectivity index (χ4v) is 4.60. The molecule has 180 valence electrons. The van der Waals surface area contributed by atoms with Gasteiger partial charge in [-0.25, -0.2) is 5.10 Å². The van der Waals surface area contributed by atoms with E-state index in [1.54, 1.807) is 13.3 Å². The van der Waals surface area contributed by atoms with Crippen molar-refractivity contribution >= 4 is 33.9 Å². The highest BCUT2D eigenvalue weighted by Crippen LogP contribution is 2.32. The Morgan fingerprint density at radius 2 is 1.94 bits per heavy atom. The molecule has 9 heteroatoms. The molecule has 1 aliphatic heterocycles. The molecule has 5 rings (SSSR count). The van der Waals surface area contributed by atoms with Crippen molar-refractivity contribution in [1.29, 1.82) is 0 Å². The number of H-pyrrole nitrogens is 1. The van der Waals surface area contributed by atoms with Gasteiger partial charge in [-0.15, -0.1) is 0 Å². The third-order valence-corrected chi connectivity index (χ3v) is 6.53. The molecule has 0 bridgehead atoms. The molecule has 0 saturated carbocycles. The zero-order valence-electron chi connectivity index (χ0n) is 19.5. The summed E-state index contributed by atoms with van der Waals surface area (Å²) in [6.07, 6.45) is 2.09. The van der Waals surface area contributed by atoms with Crippen molar-refractivity contribution in [3.63, 3.8) is 0 Å². The summed E-state index contributed by atoms with van der Waals surface area (Å²) in [5.74, 6) is 0.709. The standard InChI is InChI=1S/C26H27ClN6O2/c1-35-24-12-17(16-33-10-8-28-9-11-33)6-7-21(24)31-22-14-19(13-18-4-2-3-5-20(18)27)30-23-15-29-32-26(34)25(22)23/h2-7,12,14-15,28H,8-11,13,16H2,1H3,(H,30,31)(H,32,34). The van der Waals surface area contributed by atoms with Crippen LogP contribution in [0.2, 0.25) is 5.02 Å². The van der Waals surface area contributed by atoms with Crippen molar-refractivity contribution in [2.24, 2.45) is 0 Å². The van der Waals surface area contributed by atoms with Crippen LogP contribution < -0.4 is 20.9 Å². The van der Waals surface area contributed by atoms with Crippen molar-refractivity contribution in [1.82, 2.24) is 25.4 Å². The van der Waals surface area contributed by atoms with E-state index in [4.69, 9.17) is 16.3 Å². The van der Waals surface area contributed by atoms with E-state index in [2.05, 4.69) is 36.8 Å². The number of nitrogens with zero attached hydrogens (tertiary/aromatic N) is 3. The molecule has 4 aromatic rings. The largest absolute Gasteiger partial charge is 0.495 e. The molecule has 0 unspecified atom stereocenters. The van der Waals surface area contributed by atoms with E-state index in [9.17, 15) is 4.79 Å². The third-order valence-electron chi connectivity index (χ3n) is 6.16. The first-order chi connectivity index (χ1) is 17.1. The minimum Gasteiger partial charge on any atom is -0.495 e. The van der Waals surface area contributed by atoms with Gasteiger partial charge in [0.2, 0.25) is 0 Å². The monoisotopic (exact) mass is 490 g/mol. The number of ether oxygens (including phenoxy) is 1. The number of rotatable bonds is 7. The van der Waals surface area contributed by atoms with Crippen LogP contribution in [-0.2, 0) is 13.0 Å². The van der Waals surface area contributed by atoms with E-state index in [1.165, 1.54) is 5.56 Å². The second-order valence-corrected chi connectivity index (χ2v) is 8.98. The highest BCUT2D eigenvalue weighted by atomic mass is 35.5. The lowest BCUT2D eigenvalue weighted by Gasteiger charge is -2.27. The second-order valence-electron chi connectivity index (χ2n) is 8.57. The van der Waals surface area contributed by atoms with Crippen LogP contribution >= 0.6 is 11.6 Å². The molecular formula is C26H27ClN6O2. The maximum atomic E-state index is 12.7. The normalized spacial score (nSPS) is 14.2. The minimum atomic E-state index is -0.309. The number of hydrogen-bond acceptors (Lipinski definition) is 7. The lowest BCUT2D eigenvalue weighted by atomic mass is 10.1. The van der Waals surface area contributed by atoms with Gasteiger partial charge in [0.25, 0.3) is 5.56 Å². The Hall–Kier alpha value is -3.46. The van der Waals surface area contributed by atoms with Crippen LogP contribution in [-0.4, -0.2) is 53.4 Å². The summed E-state index contributed by atoms with van der Waals surface area (Å²) in [5.41, 5.74) is 4.51. The molecule has 0 radical (unpaired) electrons. The molecule has 0 spiro atoms.